The predicted octanol–water partition coefficient (Wildman–Crippen LogP) is 1.91. The Hall–Kier alpha value is -2.87. The van der Waals surface area contributed by atoms with Gasteiger partial charge in [-0.15, -0.1) is 0 Å². The van der Waals surface area contributed by atoms with Crippen molar-refractivity contribution < 1.29 is 19.2 Å². The lowest BCUT2D eigenvalue weighted by atomic mass is 10.1. The summed E-state index contributed by atoms with van der Waals surface area (Å²) in [5.41, 5.74) is 3.62. The zero-order valence-corrected chi connectivity index (χ0v) is 16.4. The minimum absolute atomic E-state index is 0.181. The lowest BCUT2D eigenvalue weighted by Crippen LogP contribution is -2.36. The molecule has 0 unspecified atom stereocenters. The summed E-state index contributed by atoms with van der Waals surface area (Å²) in [6.45, 7) is 1.79. The molecular formula is C17H19B2N4O3S+. The van der Waals surface area contributed by atoms with Crippen molar-refractivity contribution in [3.63, 3.8) is 0 Å². The highest BCUT2D eigenvalue weighted by Gasteiger charge is 2.22. The van der Waals surface area contributed by atoms with Gasteiger partial charge in [0.15, 0.2) is 6.54 Å². The molecule has 0 bridgehead atoms. The smallest absolute Gasteiger partial charge is 0.410 e. The third kappa shape index (κ3) is 4.11. The lowest BCUT2D eigenvalue weighted by Gasteiger charge is -2.13. The van der Waals surface area contributed by atoms with E-state index in [0.717, 1.165) is 27.2 Å². The predicted molar refractivity (Wildman–Crippen MR) is 111 cm³/mol. The van der Waals surface area contributed by atoms with Gasteiger partial charge in [-0.1, -0.05) is 0 Å². The maximum Gasteiger partial charge on any atom is 0.410 e. The van der Waals surface area contributed by atoms with Gasteiger partial charge in [-0.2, -0.15) is 0 Å². The third-order valence-electron chi connectivity index (χ3n) is 4.12. The summed E-state index contributed by atoms with van der Waals surface area (Å²) in [4.78, 5) is 11.3. The molecule has 0 aliphatic carbocycles. The molecule has 1 aromatic heterocycles. The highest BCUT2D eigenvalue weighted by Crippen LogP contribution is 2.31. The number of aromatic nitrogens is 1. The minimum Gasteiger partial charge on any atom is -0.497 e. The molecule has 0 amide bonds. The molecule has 3 aromatic rings. The second-order valence-corrected chi connectivity index (χ2v) is 7.27. The molecule has 27 heavy (non-hydrogen) atoms. The number of carboxylic acid groups (broad SMARTS) is 1. The number of anilines is 1. The van der Waals surface area contributed by atoms with Gasteiger partial charge in [0, 0.05) is 11.8 Å². The molecule has 1 heterocycles. The standard InChI is InChI=1S/C17H18B2N4O3S/c1-10-7-11(23(18)19)3-5-13(10)20-21-17-22(9-16(24)25)14-6-4-12(26-2)8-15(14)27-17/h3-8H,9,18-19H2,1-2H3/p+1. The first-order valence-electron chi connectivity index (χ1n) is 8.31. The number of aryl methyl sites for hydroxylation is 1. The first-order chi connectivity index (χ1) is 12.9. The molecule has 0 saturated carbocycles. The number of nitrogens with zero attached hydrogens (tertiary/aromatic N) is 4. The molecule has 0 aliphatic rings. The molecule has 0 radical (unpaired) electrons. The summed E-state index contributed by atoms with van der Waals surface area (Å²) in [5, 5.41) is 18.5. The number of azo groups is 1. The van der Waals surface area contributed by atoms with E-state index in [-0.39, 0.29) is 6.54 Å². The second kappa shape index (κ2) is 7.79. The Balaban J connectivity index is 2.02. The molecule has 0 spiro atoms. The summed E-state index contributed by atoms with van der Waals surface area (Å²) in [5.74, 6) is -0.219. The summed E-state index contributed by atoms with van der Waals surface area (Å²) in [7, 11) is 5.56. The Morgan fingerprint density at radius 1 is 1.26 bits per heavy atom. The zero-order chi connectivity index (χ0) is 19.6. The van der Waals surface area contributed by atoms with Crippen LogP contribution in [0, 0.1) is 6.92 Å². The van der Waals surface area contributed by atoms with Gasteiger partial charge >= 0.3 is 11.1 Å². The summed E-state index contributed by atoms with van der Waals surface area (Å²) in [6.07, 6.45) is 0. The van der Waals surface area contributed by atoms with E-state index in [4.69, 9.17) is 4.74 Å². The normalized spacial score (nSPS) is 11.2. The monoisotopic (exact) mass is 381 g/mol. The Kier molecular flexibility index (Phi) is 5.46. The van der Waals surface area contributed by atoms with Crippen molar-refractivity contribution in [2.24, 2.45) is 10.2 Å². The number of aliphatic carboxylic acids is 1. The summed E-state index contributed by atoms with van der Waals surface area (Å²) >= 11 is 1.38. The van der Waals surface area contributed by atoms with E-state index in [1.807, 2.05) is 57.9 Å². The van der Waals surface area contributed by atoms with Crippen LogP contribution in [0.5, 0.6) is 5.75 Å². The van der Waals surface area contributed by atoms with E-state index in [1.165, 1.54) is 11.3 Å². The van der Waals surface area contributed by atoms with Crippen LogP contribution in [0.25, 0.3) is 10.2 Å². The van der Waals surface area contributed by atoms with Gasteiger partial charge in [-0.3, -0.25) is 0 Å². The number of rotatable bonds is 6. The maximum absolute atomic E-state index is 11.3. The van der Waals surface area contributed by atoms with Gasteiger partial charge in [0.05, 0.1) is 16.9 Å². The van der Waals surface area contributed by atoms with E-state index in [1.54, 1.807) is 17.7 Å². The topological polar surface area (TPSA) is 78.4 Å². The zero-order valence-electron chi connectivity index (χ0n) is 15.6. The third-order valence-corrected chi connectivity index (χ3v) is 5.15. The van der Waals surface area contributed by atoms with Gasteiger partial charge in [-0.05, 0) is 59.3 Å². The highest BCUT2D eigenvalue weighted by molar-refractivity contribution is 7.21. The molecule has 0 atom stereocenters. The van der Waals surface area contributed by atoms with Crippen molar-refractivity contribution in [3.05, 3.63) is 42.0 Å². The van der Waals surface area contributed by atoms with Crippen LogP contribution in [-0.2, 0) is 11.3 Å². The number of carboxylic acids is 1. The van der Waals surface area contributed by atoms with Gasteiger partial charge in [0.2, 0.25) is 16.0 Å². The van der Waals surface area contributed by atoms with E-state index < -0.39 is 5.97 Å². The van der Waals surface area contributed by atoms with Crippen LogP contribution in [0.15, 0.2) is 46.6 Å². The van der Waals surface area contributed by atoms with Crippen molar-refractivity contribution in [2.45, 2.75) is 13.5 Å². The molecular weight excluding hydrogens is 362 g/mol. The van der Waals surface area contributed by atoms with Gasteiger partial charge in [0.1, 0.15) is 17.0 Å². The fourth-order valence-corrected chi connectivity index (χ4v) is 3.68. The SMILES string of the molecule is BN(B)c1ccc(/N=N/c2sc3cc(OC)ccc3[n+]2CC(=O)O)c(C)c1. The van der Waals surface area contributed by atoms with Crippen LogP contribution in [0.2, 0.25) is 0 Å². The van der Waals surface area contributed by atoms with Gasteiger partial charge in [0.25, 0.3) is 0 Å². The number of hydrogen-bond acceptors (Lipinski definition) is 6. The van der Waals surface area contributed by atoms with Crippen LogP contribution in [0.3, 0.4) is 0 Å². The molecule has 2 aromatic carbocycles. The molecule has 1 N–H and O–H groups in total. The largest absolute Gasteiger partial charge is 0.497 e. The number of carbonyl (C=O) groups is 1. The van der Waals surface area contributed by atoms with Crippen LogP contribution < -0.4 is 14.0 Å². The summed E-state index contributed by atoms with van der Waals surface area (Å²) < 4.78 is 9.81. The van der Waals surface area contributed by atoms with Gasteiger partial charge in [-0.25, -0.2) is 9.36 Å². The van der Waals surface area contributed by atoms with Crippen LogP contribution in [0.1, 0.15) is 5.56 Å². The first kappa shape index (κ1) is 18.9. The average molecular weight is 381 g/mol. The second-order valence-electron chi connectivity index (χ2n) is 6.26. The van der Waals surface area contributed by atoms with E-state index in [2.05, 4.69) is 10.2 Å². The Labute approximate surface area is 162 Å². The lowest BCUT2D eigenvalue weighted by molar-refractivity contribution is -0.643. The van der Waals surface area contributed by atoms with E-state index in [0.29, 0.717) is 10.9 Å². The molecule has 0 aliphatic heterocycles. The average Bonchev–Trinajstić information content (AvgIpc) is 2.96. The first-order valence-corrected chi connectivity index (χ1v) is 9.12. The van der Waals surface area contributed by atoms with Crippen LogP contribution in [0.4, 0.5) is 16.5 Å². The fourth-order valence-electron chi connectivity index (χ4n) is 2.67. The molecule has 7 nitrogen and oxygen atoms in total. The number of fused-ring (bicyclic) bond motifs is 1. The van der Waals surface area contributed by atoms with Crippen LogP contribution in [-0.4, -0.2) is 34.1 Å². The van der Waals surface area contributed by atoms with Crippen molar-refractivity contribution in [2.75, 3.05) is 11.8 Å². The quantitative estimate of drug-likeness (QED) is 0.402. The Morgan fingerprint density at radius 2 is 2.04 bits per heavy atom. The van der Waals surface area contributed by atoms with Crippen molar-refractivity contribution in [3.8, 4) is 5.75 Å². The van der Waals surface area contributed by atoms with Crippen molar-refractivity contribution >= 4 is 60.0 Å². The summed E-state index contributed by atoms with van der Waals surface area (Å²) in [6, 6.07) is 11.4. The Morgan fingerprint density at radius 3 is 2.67 bits per heavy atom. The van der Waals surface area contributed by atoms with Crippen molar-refractivity contribution in [1.82, 2.24) is 0 Å². The maximum atomic E-state index is 11.3. The molecule has 10 heteroatoms. The van der Waals surface area contributed by atoms with Gasteiger partial charge < -0.3 is 14.6 Å². The van der Waals surface area contributed by atoms with E-state index >= 15 is 0 Å². The number of ether oxygens (including phenoxy) is 1. The van der Waals surface area contributed by atoms with Crippen LogP contribution >= 0.6 is 11.3 Å². The minimum atomic E-state index is -0.932. The highest BCUT2D eigenvalue weighted by atomic mass is 32.1. The number of methoxy groups -OCH3 is 1. The fraction of sp³-hybridized carbons (Fsp3) is 0.176. The number of thiazole rings is 1. The van der Waals surface area contributed by atoms with Crippen molar-refractivity contribution in [1.29, 1.82) is 0 Å². The number of hydrogen-bond donors (Lipinski definition) is 1. The molecule has 3 rings (SSSR count). The van der Waals surface area contributed by atoms with E-state index in [9.17, 15) is 9.90 Å². The molecule has 0 saturated heterocycles. The number of benzene rings is 2. The molecule has 136 valence electrons. The molecule has 0 fully saturated rings. The Bertz CT molecular complexity index is 1040.